The molecule has 1 aromatic carbocycles. The van der Waals surface area contributed by atoms with Crippen molar-refractivity contribution in [1.29, 1.82) is 0 Å². The Bertz CT molecular complexity index is 474. The first-order valence-corrected chi connectivity index (χ1v) is 6.52. The highest BCUT2D eigenvalue weighted by Gasteiger charge is 2.18. The molecule has 0 bridgehead atoms. The first-order valence-electron chi connectivity index (χ1n) is 5.35. The highest BCUT2D eigenvalue weighted by atomic mass is 79.9. The normalized spacial score (nSPS) is 12.4. The summed E-state index contributed by atoms with van der Waals surface area (Å²) < 4.78 is 29.2. The zero-order valence-electron chi connectivity index (χ0n) is 9.92. The van der Waals surface area contributed by atoms with E-state index in [2.05, 4.69) is 26.0 Å². The minimum atomic E-state index is -3.02. The van der Waals surface area contributed by atoms with Crippen LogP contribution in [0.1, 0.15) is 13.3 Å². The van der Waals surface area contributed by atoms with Crippen molar-refractivity contribution in [2.24, 2.45) is 5.73 Å². The van der Waals surface area contributed by atoms with Crippen molar-refractivity contribution in [1.82, 2.24) is 0 Å². The van der Waals surface area contributed by atoms with Gasteiger partial charge in [0.1, 0.15) is 0 Å². The number of ether oxygens (including phenoxy) is 1. The number of nitrogens with one attached hydrogen (secondary N) is 1. The van der Waals surface area contributed by atoms with Crippen molar-refractivity contribution in [2.75, 3.05) is 5.32 Å². The van der Waals surface area contributed by atoms with E-state index >= 15 is 0 Å². The van der Waals surface area contributed by atoms with Gasteiger partial charge in [-0.3, -0.25) is 4.79 Å². The van der Waals surface area contributed by atoms with Crippen LogP contribution in [0.2, 0.25) is 5.02 Å². The molecule has 1 rings (SSSR count). The summed E-state index contributed by atoms with van der Waals surface area (Å²) in [5.74, 6) is -0.702. The molecule has 1 amide bonds. The molecule has 0 saturated heterocycles. The van der Waals surface area contributed by atoms with Crippen molar-refractivity contribution < 1.29 is 18.3 Å². The number of rotatable bonds is 5. The molecule has 0 radical (unpaired) electrons. The van der Waals surface area contributed by atoms with Crippen molar-refractivity contribution in [2.45, 2.75) is 26.0 Å². The van der Waals surface area contributed by atoms with Gasteiger partial charge in [0.15, 0.2) is 5.75 Å². The molecule has 8 heteroatoms. The van der Waals surface area contributed by atoms with Gasteiger partial charge in [-0.05, 0) is 34.5 Å². The highest BCUT2D eigenvalue weighted by molar-refractivity contribution is 9.10. The Morgan fingerprint density at radius 3 is 2.74 bits per heavy atom. The van der Waals surface area contributed by atoms with Crippen LogP contribution in [0.15, 0.2) is 16.6 Å². The van der Waals surface area contributed by atoms with Gasteiger partial charge in [-0.15, -0.1) is 0 Å². The lowest BCUT2D eigenvalue weighted by molar-refractivity contribution is -0.117. The Balaban J connectivity index is 3.07. The molecule has 4 nitrogen and oxygen atoms in total. The van der Waals surface area contributed by atoms with Gasteiger partial charge in [0.25, 0.3) is 0 Å². The van der Waals surface area contributed by atoms with E-state index in [4.69, 9.17) is 17.3 Å². The fourth-order valence-corrected chi connectivity index (χ4v) is 2.18. The molecular weight excluding hydrogens is 345 g/mol. The fraction of sp³-hybridized carbons (Fsp3) is 0.364. The van der Waals surface area contributed by atoms with E-state index in [1.807, 2.05) is 0 Å². The maximum absolute atomic E-state index is 12.3. The number of carbonyl (C=O) groups is 1. The molecule has 1 aromatic rings. The summed E-state index contributed by atoms with van der Waals surface area (Å²) in [5, 5.41) is 2.67. The van der Waals surface area contributed by atoms with Gasteiger partial charge >= 0.3 is 6.61 Å². The van der Waals surface area contributed by atoms with Gasteiger partial charge in [0.2, 0.25) is 5.91 Å². The molecule has 0 aliphatic carbocycles. The Hall–Kier alpha value is -0.920. The summed E-state index contributed by atoms with van der Waals surface area (Å²) in [6.45, 7) is -1.29. The van der Waals surface area contributed by atoms with E-state index in [0.717, 1.165) is 0 Å². The van der Waals surface area contributed by atoms with Crippen LogP contribution < -0.4 is 15.8 Å². The van der Waals surface area contributed by atoms with Crippen LogP contribution in [-0.2, 0) is 4.79 Å². The average molecular weight is 358 g/mol. The lowest BCUT2D eigenvalue weighted by Crippen LogP contribution is -2.35. The highest BCUT2D eigenvalue weighted by Crippen LogP contribution is 2.37. The molecule has 0 aliphatic rings. The lowest BCUT2D eigenvalue weighted by Gasteiger charge is -2.16. The third-order valence-electron chi connectivity index (χ3n) is 2.25. The molecule has 3 N–H and O–H groups in total. The third-order valence-corrected chi connectivity index (χ3v) is 3.06. The van der Waals surface area contributed by atoms with Crippen LogP contribution >= 0.6 is 27.5 Å². The standard InChI is InChI=1S/C11H12BrClF2N2O2/c1-2-7(16)10(18)17-8-4-5(13)3-6(12)9(8)19-11(14)15/h3-4,7,11H,2,16H2,1H3,(H,17,18). The van der Waals surface area contributed by atoms with Crippen molar-refractivity contribution in [3.05, 3.63) is 21.6 Å². The zero-order valence-corrected chi connectivity index (χ0v) is 12.3. The van der Waals surface area contributed by atoms with Gasteiger partial charge in [0.05, 0.1) is 16.2 Å². The summed E-state index contributed by atoms with van der Waals surface area (Å²) in [6.07, 6.45) is 0.415. The monoisotopic (exact) mass is 356 g/mol. The first-order chi connectivity index (χ1) is 8.85. The van der Waals surface area contributed by atoms with Crippen molar-refractivity contribution in [3.8, 4) is 5.75 Å². The Morgan fingerprint density at radius 1 is 1.58 bits per heavy atom. The van der Waals surface area contributed by atoms with Crippen molar-refractivity contribution >= 4 is 39.1 Å². The maximum Gasteiger partial charge on any atom is 0.387 e. The first kappa shape index (κ1) is 16.1. The Morgan fingerprint density at radius 2 is 2.21 bits per heavy atom. The van der Waals surface area contributed by atoms with Crippen LogP contribution in [0.3, 0.4) is 0 Å². The predicted molar refractivity (Wildman–Crippen MR) is 72.7 cm³/mol. The number of anilines is 1. The molecule has 1 unspecified atom stereocenters. The van der Waals surface area contributed by atoms with E-state index in [0.29, 0.717) is 6.42 Å². The second kappa shape index (κ2) is 7.02. The summed E-state index contributed by atoms with van der Waals surface area (Å²) in [7, 11) is 0. The van der Waals surface area contributed by atoms with E-state index in [1.54, 1.807) is 6.92 Å². The van der Waals surface area contributed by atoms with Gasteiger partial charge < -0.3 is 15.8 Å². The molecule has 0 spiro atoms. The Kier molecular flexibility index (Phi) is 5.96. The molecule has 106 valence electrons. The van der Waals surface area contributed by atoms with E-state index in [-0.39, 0.29) is 20.9 Å². The molecule has 0 aliphatic heterocycles. The maximum atomic E-state index is 12.3. The van der Waals surface area contributed by atoms with Crippen LogP contribution in [0, 0.1) is 0 Å². The van der Waals surface area contributed by atoms with Gasteiger partial charge in [0, 0.05) is 5.02 Å². The van der Waals surface area contributed by atoms with Crippen LogP contribution in [0.5, 0.6) is 5.75 Å². The molecule has 0 heterocycles. The average Bonchev–Trinajstić information content (AvgIpc) is 2.32. The summed E-state index contributed by atoms with van der Waals surface area (Å²) in [4.78, 5) is 11.7. The number of alkyl halides is 2. The molecule has 19 heavy (non-hydrogen) atoms. The minimum Gasteiger partial charge on any atom is -0.431 e. The summed E-state index contributed by atoms with van der Waals surface area (Å²) in [6, 6.07) is 1.95. The van der Waals surface area contributed by atoms with Gasteiger partial charge in [-0.1, -0.05) is 18.5 Å². The molecular formula is C11H12BrClF2N2O2. The molecule has 0 aromatic heterocycles. The molecule has 0 saturated carbocycles. The quantitative estimate of drug-likeness (QED) is 0.849. The minimum absolute atomic E-state index is 0.0357. The third kappa shape index (κ3) is 4.59. The van der Waals surface area contributed by atoms with E-state index in [9.17, 15) is 13.6 Å². The second-order valence-electron chi connectivity index (χ2n) is 3.65. The van der Waals surface area contributed by atoms with Crippen molar-refractivity contribution in [3.63, 3.8) is 0 Å². The van der Waals surface area contributed by atoms with Crippen LogP contribution in [0.25, 0.3) is 0 Å². The Labute approximate surface area is 122 Å². The topological polar surface area (TPSA) is 64.4 Å². The smallest absolute Gasteiger partial charge is 0.387 e. The number of halogens is 4. The predicted octanol–water partition coefficient (Wildman–Crippen LogP) is 3.38. The van der Waals surface area contributed by atoms with Crippen LogP contribution in [0.4, 0.5) is 14.5 Å². The number of hydrogen-bond donors (Lipinski definition) is 2. The number of hydrogen-bond acceptors (Lipinski definition) is 3. The SMILES string of the molecule is CCC(N)C(=O)Nc1cc(Cl)cc(Br)c1OC(F)F. The largest absolute Gasteiger partial charge is 0.431 e. The van der Waals surface area contributed by atoms with E-state index < -0.39 is 18.6 Å². The number of nitrogens with two attached hydrogens (primary N) is 1. The lowest BCUT2D eigenvalue weighted by atomic mass is 10.2. The molecule has 1 atom stereocenters. The fourth-order valence-electron chi connectivity index (χ4n) is 1.27. The molecule has 0 fully saturated rings. The summed E-state index contributed by atoms with van der Waals surface area (Å²) >= 11 is 8.85. The van der Waals surface area contributed by atoms with Crippen LogP contribution in [-0.4, -0.2) is 18.6 Å². The second-order valence-corrected chi connectivity index (χ2v) is 4.94. The number of carbonyl (C=O) groups excluding carboxylic acids is 1. The zero-order chi connectivity index (χ0) is 14.6. The van der Waals surface area contributed by atoms with Gasteiger partial charge in [-0.2, -0.15) is 8.78 Å². The van der Waals surface area contributed by atoms with Gasteiger partial charge in [-0.25, -0.2) is 0 Å². The van der Waals surface area contributed by atoms with E-state index in [1.165, 1.54) is 12.1 Å². The summed E-state index contributed by atoms with van der Waals surface area (Å²) in [5.41, 5.74) is 5.58. The number of amides is 1. The number of benzene rings is 1.